The van der Waals surface area contributed by atoms with Gasteiger partial charge >= 0.3 is 0 Å². The van der Waals surface area contributed by atoms with E-state index in [0.717, 1.165) is 11.4 Å². The van der Waals surface area contributed by atoms with Crippen LogP contribution in [0.4, 0.5) is 0 Å². The Morgan fingerprint density at radius 2 is 0.323 bits per heavy atom. The molecule has 0 saturated heterocycles. The summed E-state index contributed by atoms with van der Waals surface area (Å²) in [6.07, 6.45) is 0. The Balaban J connectivity index is 0.000000105. The van der Waals surface area contributed by atoms with E-state index in [1.807, 2.05) is 0 Å². The molecule has 580 valence electrons. The zero-order valence-electron chi connectivity index (χ0n) is 67.7. The van der Waals surface area contributed by atoms with Crippen molar-refractivity contribution in [1.82, 2.24) is 27.4 Å². The lowest BCUT2D eigenvalue weighted by Crippen LogP contribution is -1.97. The number of hydrogen-bond donors (Lipinski definition) is 0. The molecule has 0 aliphatic rings. The maximum absolute atomic E-state index is 2.43. The summed E-state index contributed by atoms with van der Waals surface area (Å²) >= 11 is 0. The Hall–Kier alpha value is -16.5. The third kappa shape index (κ3) is 12.0. The number of hydrogen-bond acceptors (Lipinski definition) is 0. The highest BCUT2D eigenvalue weighted by Crippen LogP contribution is 2.44. The van der Waals surface area contributed by atoms with E-state index in [0.29, 0.717) is 0 Å². The van der Waals surface area contributed by atoms with E-state index in [1.165, 1.54) is 209 Å². The molecule has 6 heterocycles. The van der Waals surface area contributed by atoms with Crippen LogP contribution in [0, 0.1) is 0 Å². The number of benzene rings is 20. The van der Waals surface area contributed by atoms with Crippen LogP contribution in [0.2, 0.25) is 0 Å². The van der Waals surface area contributed by atoms with Gasteiger partial charge in [-0.25, -0.2) is 0 Å². The van der Waals surface area contributed by atoms with Gasteiger partial charge in [-0.2, -0.15) is 0 Å². The van der Waals surface area contributed by atoms with Crippen LogP contribution in [0.25, 0.3) is 220 Å². The van der Waals surface area contributed by atoms with Crippen LogP contribution >= 0.6 is 0 Å². The molecular weight excluding hydrogens is 1500 g/mol. The van der Waals surface area contributed by atoms with Gasteiger partial charge in [-0.05, 0) is 213 Å². The van der Waals surface area contributed by atoms with Crippen molar-refractivity contribution in [3.63, 3.8) is 0 Å². The first-order valence-corrected chi connectivity index (χ1v) is 42.6. The van der Waals surface area contributed by atoms with Crippen LogP contribution in [0.3, 0.4) is 0 Å². The molecule has 6 heteroatoms. The minimum absolute atomic E-state index is 1.15. The minimum atomic E-state index is 1.15. The van der Waals surface area contributed by atoms with Gasteiger partial charge in [0.1, 0.15) is 0 Å². The van der Waals surface area contributed by atoms with Crippen molar-refractivity contribution in [2.45, 2.75) is 0 Å². The summed E-state index contributed by atoms with van der Waals surface area (Å²) in [6.45, 7) is 0. The molecule has 0 radical (unpaired) electrons. The van der Waals surface area contributed by atoms with Gasteiger partial charge in [-0.3, -0.25) is 0 Å². The number of rotatable bonds is 10. The van der Waals surface area contributed by atoms with E-state index in [9.17, 15) is 0 Å². The Bertz CT molecular complexity index is 8450. The Kier molecular flexibility index (Phi) is 17.2. The molecule has 0 fully saturated rings. The van der Waals surface area contributed by atoms with Crippen molar-refractivity contribution in [3.05, 3.63) is 473 Å². The summed E-state index contributed by atoms with van der Waals surface area (Å²) in [5, 5.41) is 17.7. The van der Waals surface area contributed by atoms with E-state index in [4.69, 9.17) is 0 Å². The Labute approximate surface area is 716 Å². The fraction of sp³-hybridized carbons (Fsp3) is 0. The third-order valence-electron chi connectivity index (χ3n) is 25.3. The van der Waals surface area contributed by atoms with Gasteiger partial charge in [-0.1, -0.05) is 315 Å². The van der Waals surface area contributed by atoms with Gasteiger partial charge in [0.15, 0.2) is 0 Å². The predicted molar refractivity (Wildman–Crippen MR) is 525 cm³/mol. The Morgan fingerprint density at radius 3 is 0.677 bits per heavy atom. The van der Waals surface area contributed by atoms with E-state index >= 15 is 0 Å². The zero-order valence-corrected chi connectivity index (χ0v) is 67.7. The predicted octanol–water partition coefficient (Wildman–Crippen LogP) is 31.5. The first-order valence-electron chi connectivity index (χ1n) is 42.6. The van der Waals surface area contributed by atoms with Gasteiger partial charge in [0.2, 0.25) is 0 Å². The molecule has 0 N–H and O–H groups in total. The van der Waals surface area contributed by atoms with Crippen molar-refractivity contribution in [2.75, 3.05) is 0 Å². The average Bonchev–Trinajstić information content (AvgIpc) is 1.58. The SMILES string of the molecule is c1cc(-c2ccc3ccccc3c2)cc(-n2c3ccccc3c3cc(-n4c5ccccc5c5ccccc54)ccc32)c1.c1ccc(-c2cc(-c3ccccc3)cc(-n3c4ccccc4c4cc(-n5c6ccccc6c6ccccc65)ccc43)c2)cc1.c1ccc(-c2ccc(-n3c4ccccc4c4cc(-n5c6ccccc6c6ccccc65)ccc43)cc2)cc1. The summed E-state index contributed by atoms with van der Waals surface area (Å²) in [7, 11) is 0. The highest BCUT2D eigenvalue weighted by atomic mass is 15.0. The number of fused-ring (bicyclic) bond motifs is 19. The number of aromatic nitrogens is 6. The van der Waals surface area contributed by atoms with Crippen LogP contribution in [-0.2, 0) is 0 Å². The first-order chi connectivity index (χ1) is 61.5. The molecule has 0 atom stereocenters. The van der Waals surface area contributed by atoms with Crippen molar-refractivity contribution < 1.29 is 0 Å². The normalized spacial score (nSPS) is 11.7. The molecule has 20 aromatic carbocycles. The van der Waals surface area contributed by atoms with Gasteiger partial charge in [-0.15, -0.1) is 0 Å². The second-order valence-corrected chi connectivity index (χ2v) is 32.3. The van der Waals surface area contributed by atoms with Gasteiger partial charge in [0, 0.05) is 98.8 Å². The lowest BCUT2D eigenvalue weighted by Gasteiger charge is -2.14. The molecule has 0 saturated carbocycles. The molecule has 26 rings (SSSR count). The summed E-state index contributed by atoms with van der Waals surface area (Å²) in [6, 6.07) is 171. The maximum Gasteiger partial charge on any atom is 0.0542 e. The largest absolute Gasteiger partial charge is 0.309 e. The van der Waals surface area contributed by atoms with E-state index in [2.05, 4.69) is 501 Å². The van der Waals surface area contributed by atoms with Crippen molar-refractivity contribution >= 4 is 142 Å². The van der Waals surface area contributed by atoms with Crippen molar-refractivity contribution in [3.8, 4) is 78.6 Å². The van der Waals surface area contributed by atoms with Crippen molar-refractivity contribution in [2.24, 2.45) is 0 Å². The summed E-state index contributed by atoms with van der Waals surface area (Å²) in [5.41, 5.74) is 31.3. The monoisotopic (exact) mass is 1580 g/mol. The highest BCUT2D eigenvalue weighted by Gasteiger charge is 2.23. The van der Waals surface area contributed by atoms with Crippen LogP contribution in [0.15, 0.2) is 473 Å². The molecule has 0 spiro atoms. The van der Waals surface area contributed by atoms with Crippen LogP contribution < -0.4 is 0 Å². The van der Waals surface area contributed by atoms with E-state index in [1.54, 1.807) is 0 Å². The van der Waals surface area contributed by atoms with Crippen molar-refractivity contribution in [1.29, 1.82) is 0 Å². The number of nitrogens with zero attached hydrogens (tertiary/aromatic N) is 6. The zero-order chi connectivity index (χ0) is 81.7. The van der Waals surface area contributed by atoms with E-state index in [-0.39, 0.29) is 0 Å². The van der Waals surface area contributed by atoms with Gasteiger partial charge in [0.05, 0.1) is 66.2 Å². The molecule has 0 aliphatic carbocycles. The smallest absolute Gasteiger partial charge is 0.0542 e. The third-order valence-corrected chi connectivity index (χ3v) is 25.3. The number of para-hydroxylation sites is 9. The molecule has 0 bridgehead atoms. The minimum Gasteiger partial charge on any atom is -0.309 e. The summed E-state index contributed by atoms with van der Waals surface area (Å²) in [4.78, 5) is 0. The van der Waals surface area contributed by atoms with E-state index < -0.39 is 0 Å². The summed E-state index contributed by atoms with van der Waals surface area (Å²) in [5.74, 6) is 0. The average molecular weight is 1580 g/mol. The molecule has 0 amide bonds. The lowest BCUT2D eigenvalue weighted by molar-refractivity contribution is 1.17. The highest BCUT2D eigenvalue weighted by molar-refractivity contribution is 6.16. The lowest BCUT2D eigenvalue weighted by atomic mass is 9.98. The molecule has 26 aromatic rings. The van der Waals surface area contributed by atoms with Crippen LogP contribution in [-0.4, -0.2) is 27.4 Å². The molecule has 0 unspecified atom stereocenters. The first kappa shape index (κ1) is 71.6. The Morgan fingerprint density at radius 1 is 0.0968 bits per heavy atom. The fourth-order valence-corrected chi connectivity index (χ4v) is 19.7. The molecular formula is C118H78N6. The molecule has 6 nitrogen and oxygen atoms in total. The standard InChI is InChI=1S/C42H28N2.C40H26N2.C36H24N2/c1-3-13-29(14-4-1)31-25-32(30-15-5-2-6-16-30)27-34(26-31)44-41-22-12-9-19-37(41)38-28-33(23-24-42(38)44)43-39-20-10-7-17-35(39)36-18-8-11-21-40(36)43;1-2-11-28-24-30(21-20-27(28)10-1)29-12-9-13-31(25-29)41-39-19-8-5-16-35(39)36-26-32(22-23-40(36)41)42-37-17-6-3-14-33(37)34-15-4-7-18-38(34)42;1-2-10-25(11-3-1)26-18-20-27(21-19-26)37-35-17-9-6-14-31(35)32-24-28(22-23-36(32)37)38-33-15-7-4-12-29(33)30-13-5-8-16-34(30)38/h1-28H;1-26H;1-24H. The molecule has 6 aromatic heterocycles. The topological polar surface area (TPSA) is 29.6 Å². The molecule has 0 aliphatic heterocycles. The summed E-state index contributed by atoms with van der Waals surface area (Å²) < 4.78 is 14.4. The van der Waals surface area contributed by atoms with Crippen LogP contribution in [0.1, 0.15) is 0 Å². The molecule has 124 heavy (non-hydrogen) atoms. The van der Waals surface area contributed by atoms with Gasteiger partial charge in [0.25, 0.3) is 0 Å². The second kappa shape index (κ2) is 29.8. The second-order valence-electron chi connectivity index (χ2n) is 32.3. The van der Waals surface area contributed by atoms with Gasteiger partial charge < -0.3 is 27.4 Å². The fourth-order valence-electron chi connectivity index (χ4n) is 19.7. The maximum atomic E-state index is 2.43. The quantitative estimate of drug-likeness (QED) is 0.131. The van der Waals surface area contributed by atoms with Crippen LogP contribution in [0.5, 0.6) is 0 Å².